The fraction of sp³-hybridized carbons (Fsp3) is 0.0909. The van der Waals surface area contributed by atoms with Crippen molar-refractivity contribution in [3.63, 3.8) is 0 Å². The molecular formula is C11H10N2O2. The Kier molecular flexibility index (Phi) is 2.25. The molecule has 1 aromatic heterocycles. The number of nitrogens with zero attached hydrogens (tertiary/aromatic N) is 1. The van der Waals surface area contributed by atoms with Crippen LogP contribution in [0.5, 0.6) is 0 Å². The maximum Gasteiger partial charge on any atom is 0.249 e. The number of hydrogen-bond donors (Lipinski definition) is 1. The van der Waals surface area contributed by atoms with Crippen LogP contribution in [0.25, 0.3) is 11.3 Å². The molecule has 1 aromatic carbocycles. The minimum atomic E-state index is -0.473. The summed E-state index contributed by atoms with van der Waals surface area (Å²) in [4.78, 5) is 11.2. The van der Waals surface area contributed by atoms with Gasteiger partial charge in [0.2, 0.25) is 5.91 Å². The molecule has 0 saturated heterocycles. The third kappa shape index (κ3) is 1.74. The molecule has 0 aliphatic heterocycles. The van der Waals surface area contributed by atoms with Crippen LogP contribution in [0.15, 0.2) is 34.9 Å². The molecule has 0 radical (unpaired) electrons. The maximum absolute atomic E-state index is 11.2. The first-order valence-corrected chi connectivity index (χ1v) is 4.51. The molecule has 0 saturated carbocycles. The van der Waals surface area contributed by atoms with E-state index in [2.05, 4.69) is 5.16 Å². The van der Waals surface area contributed by atoms with Crippen molar-refractivity contribution in [1.82, 2.24) is 5.16 Å². The molecule has 0 atom stereocenters. The van der Waals surface area contributed by atoms with Gasteiger partial charge in [0.1, 0.15) is 0 Å². The molecule has 0 spiro atoms. The van der Waals surface area contributed by atoms with E-state index in [-0.39, 0.29) is 0 Å². The molecule has 0 aliphatic rings. The standard InChI is InChI=1S/C11H10N2O2/c1-7-6-10(15-13-7)8-4-2-3-5-9(8)11(12)14/h2-6H,1H3,(H2,12,14). The van der Waals surface area contributed by atoms with Crippen molar-refractivity contribution < 1.29 is 9.32 Å². The van der Waals surface area contributed by atoms with Gasteiger partial charge in [-0.3, -0.25) is 4.79 Å². The lowest BCUT2D eigenvalue weighted by atomic mass is 10.0. The Bertz CT molecular complexity index is 503. The van der Waals surface area contributed by atoms with E-state index in [0.29, 0.717) is 16.9 Å². The number of nitrogens with two attached hydrogens (primary N) is 1. The van der Waals surface area contributed by atoms with Gasteiger partial charge in [-0.15, -0.1) is 0 Å². The van der Waals surface area contributed by atoms with Crippen molar-refractivity contribution in [1.29, 1.82) is 0 Å². The van der Waals surface area contributed by atoms with Crippen LogP contribution in [-0.4, -0.2) is 11.1 Å². The van der Waals surface area contributed by atoms with Crippen molar-refractivity contribution >= 4 is 5.91 Å². The minimum Gasteiger partial charge on any atom is -0.366 e. The maximum atomic E-state index is 11.2. The minimum absolute atomic E-state index is 0.439. The van der Waals surface area contributed by atoms with Gasteiger partial charge in [-0.2, -0.15) is 0 Å². The fourth-order valence-corrected chi connectivity index (χ4v) is 1.40. The number of amides is 1. The van der Waals surface area contributed by atoms with E-state index in [4.69, 9.17) is 10.3 Å². The Morgan fingerprint density at radius 1 is 1.40 bits per heavy atom. The summed E-state index contributed by atoms with van der Waals surface area (Å²) in [6.07, 6.45) is 0. The van der Waals surface area contributed by atoms with Gasteiger partial charge in [0.15, 0.2) is 5.76 Å². The number of benzene rings is 1. The summed E-state index contributed by atoms with van der Waals surface area (Å²) >= 11 is 0. The molecule has 0 aliphatic carbocycles. The van der Waals surface area contributed by atoms with Gasteiger partial charge in [-0.05, 0) is 13.0 Å². The molecule has 1 amide bonds. The Hall–Kier alpha value is -2.10. The zero-order chi connectivity index (χ0) is 10.8. The largest absolute Gasteiger partial charge is 0.366 e. The van der Waals surface area contributed by atoms with Crippen molar-refractivity contribution in [3.8, 4) is 11.3 Å². The number of rotatable bonds is 2. The van der Waals surface area contributed by atoms with Crippen LogP contribution in [0.2, 0.25) is 0 Å². The summed E-state index contributed by atoms with van der Waals surface area (Å²) in [5, 5.41) is 3.77. The molecule has 0 bridgehead atoms. The number of aryl methyl sites for hydroxylation is 1. The van der Waals surface area contributed by atoms with E-state index < -0.39 is 5.91 Å². The van der Waals surface area contributed by atoms with Gasteiger partial charge in [0, 0.05) is 11.6 Å². The molecule has 15 heavy (non-hydrogen) atoms. The highest BCUT2D eigenvalue weighted by Gasteiger charge is 2.12. The molecule has 2 aromatic rings. The zero-order valence-electron chi connectivity index (χ0n) is 8.23. The predicted molar refractivity (Wildman–Crippen MR) is 55.2 cm³/mol. The van der Waals surface area contributed by atoms with E-state index in [1.54, 1.807) is 24.3 Å². The number of primary amides is 1. The van der Waals surface area contributed by atoms with Gasteiger partial charge >= 0.3 is 0 Å². The number of carbonyl (C=O) groups excluding carboxylic acids is 1. The predicted octanol–water partition coefficient (Wildman–Crippen LogP) is 1.75. The van der Waals surface area contributed by atoms with Crippen molar-refractivity contribution in [2.75, 3.05) is 0 Å². The van der Waals surface area contributed by atoms with Crippen LogP contribution in [0, 0.1) is 6.92 Å². The van der Waals surface area contributed by atoms with Crippen molar-refractivity contribution in [3.05, 3.63) is 41.6 Å². The highest BCUT2D eigenvalue weighted by molar-refractivity contribution is 5.99. The van der Waals surface area contributed by atoms with E-state index in [9.17, 15) is 4.79 Å². The summed E-state index contributed by atoms with van der Waals surface area (Å²) in [5.41, 5.74) is 7.14. The molecule has 76 valence electrons. The van der Waals surface area contributed by atoms with E-state index >= 15 is 0 Å². The molecule has 0 fully saturated rings. The highest BCUT2D eigenvalue weighted by atomic mass is 16.5. The summed E-state index contributed by atoms with van der Waals surface area (Å²) in [6.45, 7) is 1.82. The Morgan fingerprint density at radius 3 is 2.73 bits per heavy atom. The second-order valence-electron chi connectivity index (χ2n) is 3.24. The first kappa shape index (κ1) is 9.45. The summed E-state index contributed by atoms with van der Waals surface area (Å²) in [7, 11) is 0. The molecule has 4 nitrogen and oxygen atoms in total. The van der Waals surface area contributed by atoms with Crippen molar-refractivity contribution in [2.45, 2.75) is 6.92 Å². The normalized spacial score (nSPS) is 10.2. The molecule has 0 unspecified atom stereocenters. The van der Waals surface area contributed by atoms with Crippen LogP contribution in [0.4, 0.5) is 0 Å². The second-order valence-corrected chi connectivity index (χ2v) is 3.24. The van der Waals surface area contributed by atoms with Crippen LogP contribution in [0.3, 0.4) is 0 Å². The Labute approximate surface area is 86.7 Å². The monoisotopic (exact) mass is 202 g/mol. The average Bonchev–Trinajstić information content (AvgIpc) is 2.65. The van der Waals surface area contributed by atoms with Crippen LogP contribution >= 0.6 is 0 Å². The third-order valence-corrected chi connectivity index (χ3v) is 2.09. The smallest absolute Gasteiger partial charge is 0.249 e. The lowest BCUT2D eigenvalue weighted by Crippen LogP contribution is -2.11. The lowest BCUT2D eigenvalue weighted by molar-refractivity contribution is 0.100. The first-order chi connectivity index (χ1) is 7.18. The molecular weight excluding hydrogens is 192 g/mol. The first-order valence-electron chi connectivity index (χ1n) is 4.51. The van der Waals surface area contributed by atoms with E-state index in [0.717, 1.165) is 5.69 Å². The second kappa shape index (κ2) is 3.57. The average molecular weight is 202 g/mol. The SMILES string of the molecule is Cc1cc(-c2ccccc2C(N)=O)on1. The van der Waals surface area contributed by atoms with Crippen LogP contribution in [0.1, 0.15) is 16.1 Å². The highest BCUT2D eigenvalue weighted by Crippen LogP contribution is 2.23. The van der Waals surface area contributed by atoms with Crippen LogP contribution < -0.4 is 5.73 Å². The van der Waals surface area contributed by atoms with Gasteiger partial charge in [-0.1, -0.05) is 23.4 Å². The Morgan fingerprint density at radius 2 is 2.13 bits per heavy atom. The van der Waals surface area contributed by atoms with Crippen molar-refractivity contribution in [2.24, 2.45) is 5.73 Å². The summed E-state index contributed by atoms with van der Waals surface area (Å²) in [5.74, 6) is 0.0848. The van der Waals surface area contributed by atoms with E-state index in [1.165, 1.54) is 0 Å². The van der Waals surface area contributed by atoms with Gasteiger partial charge in [-0.25, -0.2) is 0 Å². The summed E-state index contributed by atoms with van der Waals surface area (Å²) < 4.78 is 5.08. The van der Waals surface area contributed by atoms with Gasteiger partial charge in [0.05, 0.1) is 11.3 Å². The van der Waals surface area contributed by atoms with E-state index in [1.807, 2.05) is 13.0 Å². The molecule has 2 rings (SSSR count). The molecule has 1 heterocycles. The zero-order valence-corrected chi connectivity index (χ0v) is 8.23. The molecule has 2 N–H and O–H groups in total. The summed E-state index contributed by atoms with van der Waals surface area (Å²) in [6, 6.07) is 8.78. The van der Waals surface area contributed by atoms with Crippen LogP contribution in [-0.2, 0) is 0 Å². The topological polar surface area (TPSA) is 69.1 Å². The number of hydrogen-bond acceptors (Lipinski definition) is 3. The number of carbonyl (C=O) groups is 1. The Balaban J connectivity index is 2.57. The van der Waals surface area contributed by atoms with Gasteiger partial charge < -0.3 is 10.3 Å². The lowest BCUT2D eigenvalue weighted by Gasteiger charge is -2.01. The third-order valence-electron chi connectivity index (χ3n) is 2.09. The fourth-order valence-electron chi connectivity index (χ4n) is 1.40. The quantitative estimate of drug-likeness (QED) is 0.806. The van der Waals surface area contributed by atoms with Gasteiger partial charge in [0.25, 0.3) is 0 Å². The molecule has 4 heteroatoms. The number of aromatic nitrogens is 1.